The van der Waals surface area contributed by atoms with Gasteiger partial charge in [0.25, 0.3) is 0 Å². The van der Waals surface area contributed by atoms with Crippen molar-refractivity contribution in [3.63, 3.8) is 0 Å². The Labute approximate surface area is 495 Å². The molecule has 0 saturated heterocycles. The molecule has 6 N–H and O–H groups in total. The molecule has 5 aromatic rings. The van der Waals surface area contributed by atoms with E-state index >= 15 is 0 Å². The molecule has 458 valence electrons. The van der Waals surface area contributed by atoms with Gasteiger partial charge in [-0.2, -0.15) is 0 Å². The van der Waals surface area contributed by atoms with Gasteiger partial charge in [0.05, 0.1) is 28.5 Å². The molecule has 0 bridgehead atoms. The van der Waals surface area contributed by atoms with Crippen LogP contribution in [0.15, 0.2) is 6.07 Å². The summed E-state index contributed by atoms with van der Waals surface area (Å²) < 4.78 is 6.57. The number of nitrogens with zero attached hydrogens (tertiary/aromatic N) is 8. The molecule has 2 aliphatic rings. The summed E-state index contributed by atoms with van der Waals surface area (Å²) in [4.78, 5) is 27.0. The van der Waals surface area contributed by atoms with Crippen LogP contribution in [0, 0.1) is 83.1 Å². The van der Waals surface area contributed by atoms with E-state index in [1.807, 2.05) is 101 Å². The van der Waals surface area contributed by atoms with Crippen molar-refractivity contribution in [3.8, 4) is 34.5 Å². The number of phenols is 1. The van der Waals surface area contributed by atoms with Gasteiger partial charge in [-0.05, 0) is 180 Å². The Bertz CT molecular complexity index is 2710. The van der Waals surface area contributed by atoms with E-state index < -0.39 is 0 Å². The van der Waals surface area contributed by atoms with Gasteiger partial charge in [-0.3, -0.25) is 0 Å². The maximum Gasteiger partial charge on any atom is 0.225 e. The number of pyridine rings is 3. The molecule has 0 saturated carbocycles. The summed E-state index contributed by atoms with van der Waals surface area (Å²) in [7, 11) is 9.65. The summed E-state index contributed by atoms with van der Waals surface area (Å²) in [5, 5.41) is 51.7. The minimum absolute atomic E-state index is 0.0509. The Balaban J connectivity index is 0.000000290. The van der Waals surface area contributed by atoms with Gasteiger partial charge >= 0.3 is 0 Å². The summed E-state index contributed by atoms with van der Waals surface area (Å²) >= 11 is 0. The first-order chi connectivity index (χ1) is 38.6. The molecule has 0 fully saturated rings. The SMILES string of the molecule is CCCCCCCCCCCCCCCCC1(C)CCc2c(C)c(O)c(C)c(C)c2O1.CCNc1nc(C)c(O)c(C)c1C.Cc1cc(N(C)C)nc(C)c1O.Cc1nc(N(C)C)nc(C)c1O.Cc1nc2c(c(C)c1O)CCCN2C. The fourth-order valence-corrected chi connectivity index (χ4v) is 10.4. The Morgan fingerprint density at radius 3 is 1.51 bits per heavy atom. The molecule has 0 aliphatic carbocycles. The van der Waals surface area contributed by atoms with Gasteiger partial charge in [-0.25, -0.2) is 24.9 Å². The molecule has 0 spiro atoms. The molecule has 1 unspecified atom stereocenters. The van der Waals surface area contributed by atoms with Crippen LogP contribution in [0.25, 0.3) is 0 Å². The molecule has 7 rings (SSSR count). The second-order valence-electron chi connectivity index (χ2n) is 23.7. The largest absolute Gasteiger partial charge is 0.507 e. The predicted octanol–water partition coefficient (Wildman–Crippen LogP) is 15.5. The van der Waals surface area contributed by atoms with Crippen molar-refractivity contribution in [1.29, 1.82) is 0 Å². The topological polar surface area (TPSA) is 197 Å². The second-order valence-corrected chi connectivity index (χ2v) is 23.7. The van der Waals surface area contributed by atoms with E-state index in [0.29, 0.717) is 51.7 Å². The van der Waals surface area contributed by atoms with Crippen LogP contribution in [0.4, 0.5) is 23.4 Å². The summed E-state index contributed by atoms with van der Waals surface area (Å²) in [6.07, 6.45) is 25.0. The van der Waals surface area contributed by atoms with E-state index in [1.165, 1.54) is 101 Å². The van der Waals surface area contributed by atoms with Crippen LogP contribution in [0.5, 0.6) is 34.5 Å². The lowest BCUT2D eigenvalue weighted by atomic mass is 9.84. The van der Waals surface area contributed by atoms with E-state index in [1.54, 1.807) is 25.7 Å². The number of aryl methyl sites for hydroxylation is 6. The van der Waals surface area contributed by atoms with Gasteiger partial charge in [-0.1, -0.05) is 90.4 Å². The van der Waals surface area contributed by atoms with E-state index in [-0.39, 0.29) is 11.4 Å². The molecule has 0 amide bonds. The monoisotopic (exact) mass is 1140 g/mol. The zero-order valence-electron chi connectivity index (χ0n) is 54.6. The third kappa shape index (κ3) is 20.3. The average Bonchev–Trinajstić information content (AvgIpc) is 3.61. The van der Waals surface area contributed by atoms with Crippen molar-refractivity contribution in [3.05, 3.63) is 84.6 Å². The smallest absolute Gasteiger partial charge is 0.225 e. The quantitative estimate of drug-likeness (QED) is 0.0427. The van der Waals surface area contributed by atoms with E-state index in [2.05, 4.69) is 63.0 Å². The van der Waals surface area contributed by atoms with Crippen LogP contribution in [0.1, 0.15) is 208 Å². The Morgan fingerprint density at radius 2 is 1.00 bits per heavy atom. The number of aromatic nitrogens is 5. The highest BCUT2D eigenvalue weighted by atomic mass is 16.5. The van der Waals surface area contributed by atoms with Gasteiger partial charge < -0.3 is 50.3 Å². The van der Waals surface area contributed by atoms with Crippen molar-refractivity contribution in [1.82, 2.24) is 24.9 Å². The van der Waals surface area contributed by atoms with Crippen LogP contribution >= 0.6 is 0 Å². The molecule has 0 radical (unpaired) electrons. The summed E-state index contributed by atoms with van der Waals surface area (Å²) in [5.41, 5.74) is 12.6. The molecule has 15 nitrogen and oxygen atoms in total. The molecular weight excluding hydrogens is 1030 g/mol. The lowest BCUT2D eigenvalue weighted by Gasteiger charge is -2.38. The number of phenolic OH excluding ortho intramolecular Hbond substituents is 1. The van der Waals surface area contributed by atoms with Gasteiger partial charge in [0.15, 0.2) is 5.75 Å². The first-order valence-electron chi connectivity index (χ1n) is 30.5. The van der Waals surface area contributed by atoms with Crippen LogP contribution in [-0.4, -0.2) is 104 Å². The maximum atomic E-state index is 10.4. The number of fused-ring (bicyclic) bond motifs is 2. The second kappa shape index (κ2) is 33.8. The first kappa shape index (κ1) is 70.0. The van der Waals surface area contributed by atoms with Crippen molar-refractivity contribution < 1.29 is 30.3 Å². The number of hydrogen-bond acceptors (Lipinski definition) is 15. The summed E-state index contributed by atoms with van der Waals surface area (Å²) in [6, 6.07) is 1.86. The zero-order valence-corrected chi connectivity index (χ0v) is 54.6. The molecule has 82 heavy (non-hydrogen) atoms. The molecular formula is C67H109N9O6. The van der Waals surface area contributed by atoms with Crippen molar-refractivity contribution in [2.24, 2.45) is 0 Å². The number of anilines is 4. The summed E-state index contributed by atoms with van der Waals surface area (Å²) in [6.45, 7) is 31.3. The van der Waals surface area contributed by atoms with Crippen LogP contribution in [0.2, 0.25) is 0 Å². The highest BCUT2D eigenvalue weighted by molar-refractivity contribution is 5.59. The molecule has 15 heteroatoms. The van der Waals surface area contributed by atoms with E-state index in [0.717, 1.165) is 113 Å². The average molecular weight is 1140 g/mol. The van der Waals surface area contributed by atoms with E-state index in [4.69, 9.17) is 4.74 Å². The lowest BCUT2D eigenvalue weighted by molar-refractivity contribution is 0.0521. The number of hydrogen-bond donors (Lipinski definition) is 6. The third-order valence-corrected chi connectivity index (χ3v) is 16.3. The van der Waals surface area contributed by atoms with Crippen molar-refractivity contribution in [2.75, 3.05) is 68.3 Å². The van der Waals surface area contributed by atoms with E-state index in [9.17, 15) is 25.5 Å². The Kier molecular flexibility index (Phi) is 28.8. The fraction of sp³-hybridized carbons (Fsp3) is 0.627. The molecule has 1 atom stereocenters. The van der Waals surface area contributed by atoms with Gasteiger partial charge in [0, 0.05) is 59.5 Å². The maximum absolute atomic E-state index is 10.4. The number of benzene rings is 1. The standard InChI is InChI=1S/C29H50O2.C11H16N2O.C10H16N2O.C9H14N2O.C8H13N3O/c1-6-7-8-9-10-11-12-13-14-15-16-17-18-19-21-29(5)22-20-26-25(4)27(30)23(2)24(3)28(26)31-29;1-7-9-5-4-6-13(3)11(9)12-8(2)10(7)14;1-5-11-10-7(3)6(2)9(13)8(4)12-10;1-6-5-8(11(3)4)10-7(2)9(6)12;1-5-7(12)6(2)10-8(9-5)11(3)4/h30H,6-22H2,1-5H3;14H,4-6H2,1-3H3;13H,5H2,1-4H3,(H,11,12);5,12H,1-4H3;12H,1-4H3. The minimum Gasteiger partial charge on any atom is -0.507 e. The number of nitrogens with one attached hydrogen (secondary N) is 1. The fourth-order valence-electron chi connectivity index (χ4n) is 10.4. The predicted molar refractivity (Wildman–Crippen MR) is 343 cm³/mol. The van der Waals surface area contributed by atoms with Crippen LogP contribution in [-0.2, 0) is 12.8 Å². The number of unbranched alkanes of at least 4 members (excludes halogenated alkanes) is 13. The highest BCUT2D eigenvalue weighted by Gasteiger charge is 2.34. The Hall–Kier alpha value is -6.25. The number of aromatic hydroxyl groups is 5. The van der Waals surface area contributed by atoms with Crippen molar-refractivity contribution >= 4 is 23.4 Å². The normalized spacial score (nSPS) is 14.0. The van der Waals surface area contributed by atoms with Crippen LogP contribution < -0.4 is 24.8 Å². The number of rotatable bonds is 19. The molecule has 6 heterocycles. The van der Waals surface area contributed by atoms with Crippen molar-refractivity contribution in [2.45, 2.75) is 231 Å². The minimum atomic E-state index is -0.0509. The Morgan fingerprint density at radius 1 is 0.524 bits per heavy atom. The lowest BCUT2D eigenvalue weighted by Crippen LogP contribution is -2.37. The number of ether oxygens (including phenoxy) is 1. The van der Waals surface area contributed by atoms with Gasteiger partial charge in [0.2, 0.25) is 5.95 Å². The highest BCUT2D eigenvalue weighted by Crippen LogP contribution is 2.44. The van der Waals surface area contributed by atoms with Gasteiger partial charge in [-0.15, -0.1) is 0 Å². The molecule has 2 aliphatic heterocycles. The zero-order chi connectivity index (χ0) is 61.6. The first-order valence-corrected chi connectivity index (χ1v) is 30.5. The third-order valence-electron chi connectivity index (χ3n) is 16.3. The molecule has 1 aromatic carbocycles. The summed E-state index contributed by atoms with van der Waals surface area (Å²) in [5.74, 6) is 6.06. The van der Waals surface area contributed by atoms with Crippen LogP contribution in [0.3, 0.4) is 0 Å². The van der Waals surface area contributed by atoms with Gasteiger partial charge in [0.1, 0.15) is 51.8 Å². The molecule has 4 aromatic heterocycles.